The van der Waals surface area contributed by atoms with Crippen molar-refractivity contribution in [1.82, 2.24) is 9.55 Å². The first-order valence-electron chi connectivity index (χ1n) is 12.8. The fraction of sp³-hybridized carbons (Fsp3) is 0.536. The monoisotopic (exact) mass is 621 g/mol. The van der Waals surface area contributed by atoms with Gasteiger partial charge in [-0.05, 0) is 84.8 Å². The highest BCUT2D eigenvalue weighted by atomic mass is 127. The summed E-state index contributed by atoms with van der Waals surface area (Å²) in [6.45, 7) is 17.0. The molecule has 1 aromatic carbocycles. The zero-order valence-electron chi connectivity index (χ0n) is 22.7. The highest BCUT2D eigenvalue weighted by Crippen LogP contribution is 2.36. The third-order valence-corrected chi connectivity index (χ3v) is 13.7. The number of rotatable bonds is 8. The van der Waals surface area contributed by atoms with E-state index in [1.807, 2.05) is 12.3 Å². The Kier molecular flexibility index (Phi) is 8.38. The number of piperidine rings is 1. The molecule has 196 valence electrons. The Morgan fingerprint density at radius 2 is 1.69 bits per heavy atom. The van der Waals surface area contributed by atoms with Gasteiger partial charge >= 0.3 is 0 Å². The van der Waals surface area contributed by atoms with Gasteiger partial charge < -0.3 is 23.4 Å². The molecule has 0 unspecified atom stereocenters. The molecule has 36 heavy (non-hydrogen) atoms. The van der Waals surface area contributed by atoms with Crippen molar-refractivity contribution in [3.63, 3.8) is 0 Å². The largest absolute Gasteiger partial charge is 0.481 e. The summed E-state index contributed by atoms with van der Waals surface area (Å²) in [7, 11) is -0.0401. The van der Waals surface area contributed by atoms with Gasteiger partial charge in [0.1, 0.15) is 0 Å². The number of benzene rings is 1. The number of methoxy groups -OCH3 is 1. The molecule has 1 saturated heterocycles. The lowest BCUT2D eigenvalue weighted by atomic mass is 10.1. The molecule has 0 N–H and O–H groups in total. The summed E-state index contributed by atoms with van der Waals surface area (Å²) in [6, 6.07) is 10.9. The van der Waals surface area contributed by atoms with E-state index in [9.17, 15) is 0 Å². The average Bonchev–Trinajstić information content (AvgIpc) is 3.10. The summed E-state index contributed by atoms with van der Waals surface area (Å²) in [5, 5.41) is 1.39. The summed E-state index contributed by atoms with van der Waals surface area (Å²) < 4.78 is 21.3. The fourth-order valence-corrected chi connectivity index (χ4v) is 6.20. The van der Waals surface area contributed by atoms with Crippen LogP contribution < -0.4 is 9.64 Å². The van der Waals surface area contributed by atoms with Crippen LogP contribution in [0.1, 0.15) is 39.3 Å². The maximum atomic E-state index is 6.26. The van der Waals surface area contributed by atoms with Crippen LogP contribution in [-0.2, 0) is 9.16 Å². The molecule has 6 nitrogen and oxygen atoms in total. The second-order valence-corrected chi connectivity index (χ2v) is 17.0. The van der Waals surface area contributed by atoms with Gasteiger partial charge in [-0.3, -0.25) is 0 Å². The Hall–Kier alpha value is -1.62. The minimum Gasteiger partial charge on any atom is -0.481 e. The van der Waals surface area contributed by atoms with Gasteiger partial charge in [0, 0.05) is 51.4 Å². The van der Waals surface area contributed by atoms with Crippen molar-refractivity contribution in [2.24, 2.45) is 0 Å². The highest BCUT2D eigenvalue weighted by Gasteiger charge is 2.37. The summed E-state index contributed by atoms with van der Waals surface area (Å²) in [5.74, 6) is 0.630. The predicted octanol–water partition coefficient (Wildman–Crippen LogP) is 6.95. The van der Waals surface area contributed by atoms with E-state index in [-0.39, 0.29) is 5.04 Å². The van der Waals surface area contributed by atoms with Gasteiger partial charge in [-0.15, -0.1) is 0 Å². The topological polar surface area (TPSA) is 48.8 Å². The van der Waals surface area contributed by atoms with E-state index < -0.39 is 8.32 Å². The third-order valence-electron chi connectivity index (χ3n) is 7.82. The molecule has 2 aromatic heterocycles. The van der Waals surface area contributed by atoms with Gasteiger partial charge in [-0.25, -0.2) is 4.98 Å². The maximum Gasteiger partial charge on any atom is 0.215 e. The van der Waals surface area contributed by atoms with Crippen molar-refractivity contribution in [2.45, 2.75) is 64.8 Å². The van der Waals surface area contributed by atoms with Crippen LogP contribution in [0.15, 0.2) is 36.5 Å². The van der Waals surface area contributed by atoms with E-state index in [4.69, 9.17) is 13.9 Å². The van der Waals surface area contributed by atoms with Crippen molar-refractivity contribution in [3.05, 3.63) is 45.8 Å². The Bertz CT molecular complexity index is 1180. The zero-order chi connectivity index (χ0) is 26.1. The fourth-order valence-electron chi connectivity index (χ4n) is 4.52. The van der Waals surface area contributed by atoms with Crippen LogP contribution in [0.25, 0.3) is 16.6 Å². The van der Waals surface area contributed by atoms with Crippen molar-refractivity contribution >= 4 is 47.5 Å². The number of nitrogens with zero attached hydrogens (tertiary/aromatic N) is 3. The Morgan fingerprint density at radius 1 is 1.06 bits per heavy atom. The van der Waals surface area contributed by atoms with E-state index in [1.165, 1.54) is 15.0 Å². The maximum absolute atomic E-state index is 6.26. The van der Waals surface area contributed by atoms with E-state index in [2.05, 4.69) is 102 Å². The van der Waals surface area contributed by atoms with Gasteiger partial charge in [0.05, 0.1) is 31.9 Å². The summed E-state index contributed by atoms with van der Waals surface area (Å²) in [6.07, 6.45) is 4.32. The second kappa shape index (κ2) is 11.0. The van der Waals surface area contributed by atoms with Crippen molar-refractivity contribution in [2.75, 3.05) is 38.3 Å². The number of hydrogen-bond donors (Lipinski definition) is 0. The summed E-state index contributed by atoms with van der Waals surface area (Å²) >= 11 is 2.41. The van der Waals surface area contributed by atoms with Gasteiger partial charge in [0.25, 0.3) is 0 Å². The van der Waals surface area contributed by atoms with Gasteiger partial charge in [-0.1, -0.05) is 20.8 Å². The molecule has 1 aliphatic heterocycles. The molecule has 0 saturated carbocycles. The van der Waals surface area contributed by atoms with Crippen molar-refractivity contribution < 1.29 is 13.9 Å². The molecular weight excluding hydrogens is 581 g/mol. The van der Waals surface area contributed by atoms with Gasteiger partial charge in [0.15, 0.2) is 8.32 Å². The smallest absolute Gasteiger partial charge is 0.215 e. The van der Waals surface area contributed by atoms with Crippen molar-refractivity contribution in [1.29, 1.82) is 0 Å². The first kappa shape index (κ1) is 27.4. The molecule has 0 aliphatic carbocycles. The molecule has 0 radical (unpaired) electrons. The van der Waals surface area contributed by atoms with Crippen LogP contribution in [0.5, 0.6) is 5.88 Å². The molecule has 1 fully saturated rings. The Morgan fingerprint density at radius 3 is 2.31 bits per heavy atom. The van der Waals surface area contributed by atoms with Gasteiger partial charge in [-0.2, -0.15) is 0 Å². The van der Waals surface area contributed by atoms with Crippen LogP contribution >= 0.6 is 22.6 Å². The van der Waals surface area contributed by atoms with Crippen LogP contribution in [0.4, 0.5) is 5.69 Å². The molecule has 1 aliphatic rings. The number of fused-ring (bicyclic) bond motifs is 1. The summed E-state index contributed by atoms with van der Waals surface area (Å²) in [5.41, 5.74) is 4.75. The molecule has 0 bridgehead atoms. The van der Waals surface area contributed by atoms with Crippen molar-refractivity contribution in [3.8, 4) is 11.6 Å². The molecule has 0 atom stereocenters. The number of ether oxygens (including phenoxy) is 2. The molecular formula is C28H40IN3O3Si. The number of hydrogen-bond acceptors (Lipinski definition) is 5. The van der Waals surface area contributed by atoms with Crippen LogP contribution in [0.3, 0.4) is 0 Å². The second-order valence-electron chi connectivity index (χ2n) is 11.2. The van der Waals surface area contributed by atoms with E-state index in [0.29, 0.717) is 25.2 Å². The van der Waals surface area contributed by atoms with E-state index in [0.717, 1.165) is 42.5 Å². The predicted molar refractivity (Wildman–Crippen MR) is 159 cm³/mol. The minimum absolute atomic E-state index is 0.240. The lowest BCUT2D eigenvalue weighted by Gasteiger charge is -2.36. The first-order chi connectivity index (χ1) is 17.0. The highest BCUT2D eigenvalue weighted by molar-refractivity contribution is 14.1. The molecule has 4 rings (SSSR count). The summed E-state index contributed by atoms with van der Waals surface area (Å²) in [4.78, 5) is 6.86. The Balaban J connectivity index is 1.34. The van der Waals surface area contributed by atoms with Crippen LogP contribution in [-0.4, -0.2) is 57.4 Å². The zero-order valence-corrected chi connectivity index (χ0v) is 25.9. The average molecular weight is 622 g/mol. The molecule has 0 amide bonds. The third kappa shape index (κ3) is 5.76. The molecule has 8 heteroatoms. The number of anilines is 1. The first-order valence-corrected chi connectivity index (χ1v) is 16.8. The van der Waals surface area contributed by atoms with Crippen LogP contribution in [0, 0.1) is 10.5 Å². The normalized spacial score (nSPS) is 15.6. The molecule has 3 aromatic rings. The number of pyridine rings is 1. The quantitative estimate of drug-likeness (QED) is 0.155. The molecule has 3 heterocycles. The van der Waals surface area contributed by atoms with E-state index in [1.54, 1.807) is 7.11 Å². The standard InChI is InChI=1S/C28H40IN3O3Si/c1-20-27(29)24-19-30-26(33-5)18-25(24)32(20)22-10-8-21(9-11-22)31-14-12-23(13-15-31)34-16-17-35-36(6,7)28(2,3)4/h8-11,18-19,23H,12-17H2,1-7H3. The number of halogens is 1. The lowest BCUT2D eigenvalue weighted by molar-refractivity contribution is 0.0180. The lowest BCUT2D eigenvalue weighted by Crippen LogP contribution is -2.42. The minimum atomic E-state index is -1.70. The SMILES string of the molecule is COc1cc2c(cn1)c(I)c(C)n2-c1ccc(N2CCC(OCCO[Si](C)(C)C(C)(C)C)CC2)cc1. The number of aromatic nitrogens is 2. The van der Waals surface area contributed by atoms with Crippen LogP contribution in [0.2, 0.25) is 18.1 Å². The Labute approximate surface area is 230 Å². The van der Waals surface area contributed by atoms with E-state index >= 15 is 0 Å². The van der Waals surface area contributed by atoms with Gasteiger partial charge in [0.2, 0.25) is 5.88 Å². The molecule has 0 spiro atoms.